The normalized spacial score (nSPS) is 13.5. The highest BCUT2D eigenvalue weighted by atomic mass is 16.4. The van der Waals surface area contributed by atoms with Crippen molar-refractivity contribution < 1.29 is 71.2 Å². The van der Waals surface area contributed by atoms with Gasteiger partial charge in [0, 0.05) is 5.57 Å². The van der Waals surface area contributed by atoms with E-state index in [-0.39, 0.29) is 45.2 Å². The lowest BCUT2D eigenvalue weighted by Crippen LogP contribution is -2.08. The average Bonchev–Trinajstić information content (AvgIpc) is 3.03. The summed E-state index contributed by atoms with van der Waals surface area (Å²) in [6.45, 7) is 14.8. The van der Waals surface area contributed by atoms with Gasteiger partial charge in [-0.25, -0.2) is 4.79 Å². The van der Waals surface area contributed by atoms with Crippen LogP contribution in [-0.4, -0.2) is 149 Å². The summed E-state index contributed by atoms with van der Waals surface area (Å²) < 4.78 is 0. The van der Waals surface area contributed by atoms with Crippen LogP contribution in [0.2, 0.25) is 0 Å². The van der Waals surface area contributed by atoms with Gasteiger partial charge >= 0.3 is 5.97 Å². The summed E-state index contributed by atoms with van der Waals surface area (Å²) in [6.07, 6.45) is 0.757. The molecule has 42 heavy (non-hydrogen) atoms. The number of carbonyl (C=O) groups is 1. The smallest absolute Gasteiger partial charge is 0.330 e. The monoisotopic (exact) mass is 626 g/mol. The molecule has 0 bridgehead atoms. The molecule has 0 heterocycles. The minimum Gasteiger partial charge on any atom is -0.478 e. The summed E-state index contributed by atoms with van der Waals surface area (Å²) in [5.41, 5.74) is 0.176. The molecule has 0 spiro atoms. The van der Waals surface area contributed by atoms with Crippen LogP contribution in [0.25, 0.3) is 0 Å². The SMILES string of the molecule is C=C(C)C(=O)O.CCC(O)CO.CCC(O)CO.CCC(O)CO.CCC(O)CO.CCC(O)CO.CCC(O)CO. The summed E-state index contributed by atoms with van der Waals surface area (Å²) in [4.78, 5) is 9.60. The summed E-state index contributed by atoms with van der Waals surface area (Å²) in [6, 6.07) is 0. The first kappa shape index (κ1) is 56.5. The minimum absolute atomic E-state index is 0.115. The van der Waals surface area contributed by atoms with Gasteiger partial charge < -0.3 is 66.4 Å². The van der Waals surface area contributed by atoms with Gasteiger partial charge in [-0.05, 0) is 45.4 Å². The summed E-state index contributed by atoms with van der Waals surface area (Å²) in [7, 11) is 0. The van der Waals surface area contributed by atoms with Crippen molar-refractivity contribution in [2.45, 2.75) is 124 Å². The van der Waals surface area contributed by atoms with E-state index in [0.717, 1.165) is 0 Å². The second-order valence-electron chi connectivity index (χ2n) is 8.55. The van der Waals surface area contributed by atoms with Crippen LogP contribution in [0.3, 0.4) is 0 Å². The molecule has 0 aliphatic heterocycles. The third kappa shape index (κ3) is 77.2. The predicted molar refractivity (Wildman–Crippen MR) is 163 cm³/mol. The molecule has 13 N–H and O–H groups in total. The van der Waals surface area contributed by atoms with Gasteiger partial charge in [0.15, 0.2) is 0 Å². The standard InChI is InChI=1S/C4H6O2.6C4H10O2/c1-3(2)4(5)6;6*1-2-4(6)3-5/h1H2,2H3,(H,5,6);6*4-6H,2-3H2,1H3. The van der Waals surface area contributed by atoms with E-state index in [1.165, 1.54) is 6.92 Å². The Labute approximate surface area is 252 Å². The molecule has 0 aromatic carbocycles. The lowest BCUT2D eigenvalue weighted by molar-refractivity contribution is -0.132. The predicted octanol–water partition coefficient (Wildman–Crippen LogP) is -0.855. The first-order valence-corrected chi connectivity index (χ1v) is 14.1. The van der Waals surface area contributed by atoms with E-state index < -0.39 is 42.6 Å². The fourth-order valence-electron chi connectivity index (χ4n) is 0.775. The molecular formula is C28H66O14. The summed E-state index contributed by atoms with van der Waals surface area (Å²) >= 11 is 0. The molecule has 0 aliphatic rings. The maximum Gasteiger partial charge on any atom is 0.330 e. The second kappa shape index (κ2) is 49.4. The number of hydrogen-bond acceptors (Lipinski definition) is 13. The number of rotatable bonds is 13. The lowest BCUT2D eigenvalue weighted by Gasteiger charge is -1.97. The second-order valence-corrected chi connectivity index (χ2v) is 8.55. The Hall–Kier alpha value is -1.27. The van der Waals surface area contributed by atoms with Gasteiger partial charge in [0.1, 0.15) is 0 Å². The molecule has 6 atom stereocenters. The molecule has 0 saturated heterocycles. The lowest BCUT2D eigenvalue weighted by atomic mass is 10.3. The zero-order valence-electron chi connectivity index (χ0n) is 26.9. The molecule has 0 radical (unpaired) electrons. The number of aliphatic carboxylic acids is 1. The van der Waals surface area contributed by atoms with Crippen LogP contribution in [0, 0.1) is 0 Å². The van der Waals surface area contributed by atoms with Crippen molar-refractivity contribution in [1.29, 1.82) is 0 Å². The van der Waals surface area contributed by atoms with Crippen LogP contribution >= 0.6 is 0 Å². The van der Waals surface area contributed by atoms with Crippen LogP contribution < -0.4 is 0 Å². The van der Waals surface area contributed by atoms with Crippen molar-refractivity contribution in [2.75, 3.05) is 39.6 Å². The minimum atomic E-state index is -0.935. The van der Waals surface area contributed by atoms with Crippen LogP contribution in [0.5, 0.6) is 0 Å². The summed E-state index contributed by atoms with van der Waals surface area (Å²) in [5, 5.41) is 107. The van der Waals surface area contributed by atoms with Crippen molar-refractivity contribution in [3.8, 4) is 0 Å². The third-order valence-corrected chi connectivity index (χ3v) is 4.46. The van der Waals surface area contributed by atoms with E-state index in [4.69, 9.17) is 66.4 Å². The van der Waals surface area contributed by atoms with Crippen molar-refractivity contribution >= 4 is 5.97 Å². The van der Waals surface area contributed by atoms with E-state index >= 15 is 0 Å². The molecule has 262 valence electrons. The Morgan fingerprint density at radius 3 is 0.548 bits per heavy atom. The van der Waals surface area contributed by atoms with Gasteiger partial charge in [-0.15, -0.1) is 0 Å². The maximum absolute atomic E-state index is 9.60. The van der Waals surface area contributed by atoms with E-state index in [1.807, 2.05) is 41.5 Å². The number of hydrogen-bond donors (Lipinski definition) is 13. The Morgan fingerprint density at radius 1 is 0.452 bits per heavy atom. The molecule has 14 nitrogen and oxygen atoms in total. The molecule has 0 aliphatic carbocycles. The van der Waals surface area contributed by atoms with E-state index in [9.17, 15) is 4.79 Å². The van der Waals surface area contributed by atoms with Gasteiger partial charge in [-0.3, -0.25) is 0 Å². The Kier molecular flexibility index (Phi) is 66.5. The van der Waals surface area contributed by atoms with Crippen LogP contribution in [-0.2, 0) is 4.79 Å². The molecule has 14 heteroatoms. The first-order chi connectivity index (χ1) is 19.5. The Bertz CT molecular complexity index is 370. The van der Waals surface area contributed by atoms with E-state index in [2.05, 4.69) is 6.58 Å². The van der Waals surface area contributed by atoms with E-state index in [0.29, 0.717) is 38.5 Å². The third-order valence-electron chi connectivity index (χ3n) is 4.46. The van der Waals surface area contributed by atoms with Crippen molar-refractivity contribution in [2.24, 2.45) is 0 Å². The van der Waals surface area contributed by atoms with Crippen LogP contribution in [0.4, 0.5) is 0 Å². The molecule has 0 saturated carbocycles. The van der Waals surface area contributed by atoms with Crippen molar-refractivity contribution in [1.82, 2.24) is 0 Å². The molecule has 0 amide bonds. The first-order valence-electron chi connectivity index (χ1n) is 14.1. The van der Waals surface area contributed by atoms with Gasteiger partial charge in [-0.1, -0.05) is 48.1 Å². The average molecular weight is 627 g/mol. The van der Waals surface area contributed by atoms with E-state index in [1.54, 1.807) is 0 Å². The zero-order chi connectivity index (χ0) is 35.1. The van der Waals surface area contributed by atoms with Crippen LogP contribution in [0.1, 0.15) is 87.0 Å². The molecule has 6 unspecified atom stereocenters. The number of carboxylic acid groups (broad SMARTS) is 1. The number of aliphatic hydroxyl groups is 12. The molecule has 0 rings (SSSR count). The fraction of sp³-hybridized carbons (Fsp3) is 0.893. The number of aliphatic hydroxyl groups excluding tert-OH is 12. The largest absolute Gasteiger partial charge is 0.478 e. The molecule has 0 fully saturated rings. The van der Waals surface area contributed by atoms with Gasteiger partial charge in [0.2, 0.25) is 0 Å². The quantitative estimate of drug-likeness (QED) is 0.111. The Balaban J connectivity index is -0.0000000681. The highest BCUT2D eigenvalue weighted by Crippen LogP contribution is 1.86. The molecule has 0 aromatic rings. The topological polar surface area (TPSA) is 280 Å². The van der Waals surface area contributed by atoms with Crippen LogP contribution in [0.15, 0.2) is 12.2 Å². The highest BCUT2D eigenvalue weighted by Gasteiger charge is 1.95. The molecular weight excluding hydrogens is 560 g/mol. The zero-order valence-corrected chi connectivity index (χ0v) is 26.9. The highest BCUT2D eigenvalue weighted by molar-refractivity contribution is 5.84. The van der Waals surface area contributed by atoms with Gasteiger partial charge in [0.05, 0.1) is 76.3 Å². The van der Waals surface area contributed by atoms with Crippen molar-refractivity contribution in [3.63, 3.8) is 0 Å². The van der Waals surface area contributed by atoms with Gasteiger partial charge in [-0.2, -0.15) is 0 Å². The summed E-state index contributed by atoms with van der Waals surface area (Å²) in [5.74, 6) is -0.935. The fourth-order valence-corrected chi connectivity index (χ4v) is 0.775. The van der Waals surface area contributed by atoms with Crippen molar-refractivity contribution in [3.05, 3.63) is 12.2 Å². The number of carboxylic acids is 1. The Morgan fingerprint density at radius 2 is 0.548 bits per heavy atom. The van der Waals surface area contributed by atoms with Gasteiger partial charge in [0.25, 0.3) is 0 Å². The molecule has 0 aromatic heterocycles. The maximum atomic E-state index is 9.60.